The Hall–Kier alpha value is -3.31. The minimum Gasteiger partial charge on any atom is -0.489 e. The molecule has 0 N–H and O–H groups in total. The molecule has 2 aliphatic heterocycles. The lowest BCUT2D eigenvalue weighted by atomic mass is 10.1. The summed E-state index contributed by atoms with van der Waals surface area (Å²) in [7, 11) is 0. The second-order valence-corrected chi connectivity index (χ2v) is 9.00. The minimum absolute atomic E-state index is 0.0892. The Balaban J connectivity index is 1.29. The molecule has 5 rings (SSSR count). The third-order valence-electron chi connectivity index (χ3n) is 6.43. The summed E-state index contributed by atoms with van der Waals surface area (Å²) in [5.74, 6) is 1.38. The van der Waals surface area contributed by atoms with Gasteiger partial charge in [-0.15, -0.1) is 0 Å². The Morgan fingerprint density at radius 2 is 1.77 bits per heavy atom. The maximum atomic E-state index is 9.71. The molecule has 2 saturated heterocycles. The summed E-state index contributed by atoms with van der Waals surface area (Å²) in [5, 5.41) is 9.71. The van der Waals surface area contributed by atoms with Crippen LogP contribution in [0.5, 0.6) is 5.75 Å². The summed E-state index contributed by atoms with van der Waals surface area (Å²) in [4.78, 5) is 11.7. The number of rotatable bonds is 7. The Kier molecular flexibility index (Phi) is 7.64. The first-order chi connectivity index (χ1) is 17.3. The van der Waals surface area contributed by atoms with Crippen LogP contribution in [0.3, 0.4) is 0 Å². The topological polar surface area (TPSA) is 80.5 Å². The van der Waals surface area contributed by atoms with E-state index in [1.54, 1.807) is 6.20 Å². The molecule has 0 aliphatic carbocycles. The van der Waals surface area contributed by atoms with Gasteiger partial charge in [0.05, 0.1) is 37.7 Å². The van der Waals surface area contributed by atoms with Crippen LogP contribution in [0.1, 0.15) is 35.4 Å². The summed E-state index contributed by atoms with van der Waals surface area (Å²) in [5.41, 5.74) is 4.68. The molecule has 180 valence electrons. The molecule has 0 saturated carbocycles. The van der Waals surface area contributed by atoms with Crippen molar-refractivity contribution in [1.82, 2.24) is 14.9 Å². The Morgan fingerprint density at radius 1 is 0.971 bits per heavy atom. The lowest BCUT2D eigenvalue weighted by Crippen LogP contribution is -2.35. The molecular formula is C28H30N4O3. The molecule has 0 amide bonds. The molecule has 0 radical (unpaired) electrons. The number of nitriles is 1. The van der Waals surface area contributed by atoms with Gasteiger partial charge in [0.25, 0.3) is 0 Å². The number of aromatic nitrogens is 2. The van der Waals surface area contributed by atoms with Gasteiger partial charge in [0.15, 0.2) is 0 Å². The molecule has 1 aromatic heterocycles. The van der Waals surface area contributed by atoms with E-state index in [9.17, 15) is 5.26 Å². The van der Waals surface area contributed by atoms with Crippen molar-refractivity contribution in [2.45, 2.75) is 31.9 Å². The highest BCUT2D eigenvalue weighted by Gasteiger charge is 2.18. The molecule has 3 aromatic rings. The maximum Gasteiger partial charge on any atom is 0.137 e. The summed E-state index contributed by atoms with van der Waals surface area (Å²) in [6, 6.07) is 18.5. The zero-order chi connectivity index (χ0) is 23.9. The van der Waals surface area contributed by atoms with Crippen LogP contribution in [0.2, 0.25) is 0 Å². The van der Waals surface area contributed by atoms with Gasteiger partial charge >= 0.3 is 0 Å². The van der Waals surface area contributed by atoms with Crippen LogP contribution in [-0.2, 0) is 22.4 Å². The predicted octanol–water partition coefficient (Wildman–Crippen LogP) is 4.00. The molecule has 3 heterocycles. The molecule has 0 bridgehead atoms. The van der Waals surface area contributed by atoms with Crippen molar-refractivity contribution in [2.24, 2.45) is 0 Å². The van der Waals surface area contributed by atoms with Gasteiger partial charge in [0, 0.05) is 50.7 Å². The fourth-order valence-corrected chi connectivity index (χ4v) is 4.54. The van der Waals surface area contributed by atoms with Gasteiger partial charge in [0.2, 0.25) is 0 Å². The van der Waals surface area contributed by atoms with E-state index in [0.29, 0.717) is 30.9 Å². The molecule has 0 atom stereocenters. The van der Waals surface area contributed by atoms with E-state index in [1.165, 1.54) is 11.1 Å². The molecule has 0 unspecified atom stereocenters. The molecule has 2 aromatic carbocycles. The van der Waals surface area contributed by atoms with Crippen molar-refractivity contribution in [3.8, 4) is 23.1 Å². The van der Waals surface area contributed by atoms with Crippen LogP contribution < -0.4 is 4.74 Å². The smallest absolute Gasteiger partial charge is 0.137 e. The summed E-state index contributed by atoms with van der Waals surface area (Å²) < 4.78 is 16.9. The summed E-state index contributed by atoms with van der Waals surface area (Å²) >= 11 is 0. The normalized spacial score (nSPS) is 17.1. The molecule has 7 heteroatoms. The van der Waals surface area contributed by atoms with Crippen LogP contribution in [0, 0.1) is 11.3 Å². The zero-order valence-electron chi connectivity index (χ0n) is 19.9. The SMILES string of the molecule is N#Cc1cc(-c2ccnc(Cc3cccc(CN4CCOCC4)c3)n2)ccc1OC1CCOCC1. The average Bonchev–Trinajstić information content (AvgIpc) is 2.90. The molecule has 35 heavy (non-hydrogen) atoms. The number of benzene rings is 2. The van der Waals surface area contributed by atoms with E-state index in [0.717, 1.165) is 62.8 Å². The first-order valence-corrected chi connectivity index (χ1v) is 12.3. The molecule has 7 nitrogen and oxygen atoms in total. The van der Waals surface area contributed by atoms with Gasteiger partial charge in [-0.3, -0.25) is 4.90 Å². The van der Waals surface area contributed by atoms with E-state index in [1.807, 2.05) is 24.3 Å². The van der Waals surface area contributed by atoms with E-state index >= 15 is 0 Å². The second-order valence-electron chi connectivity index (χ2n) is 9.00. The molecule has 0 spiro atoms. The molecule has 2 fully saturated rings. The van der Waals surface area contributed by atoms with E-state index in [4.69, 9.17) is 19.2 Å². The highest BCUT2D eigenvalue weighted by molar-refractivity contribution is 5.64. The van der Waals surface area contributed by atoms with Crippen molar-refractivity contribution < 1.29 is 14.2 Å². The zero-order valence-corrected chi connectivity index (χ0v) is 19.9. The van der Waals surface area contributed by atoms with E-state index in [2.05, 4.69) is 40.2 Å². The van der Waals surface area contributed by atoms with Crippen LogP contribution in [0.15, 0.2) is 54.7 Å². The third kappa shape index (κ3) is 6.23. The first kappa shape index (κ1) is 23.4. The number of hydrogen-bond donors (Lipinski definition) is 0. The maximum absolute atomic E-state index is 9.71. The van der Waals surface area contributed by atoms with E-state index < -0.39 is 0 Å². The van der Waals surface area contributed by atoms with Gasteiger partial charge in [0.1, 0.15) is 23.7 Å². The van der Waals surface area contributed by atoms with Gasteiger partial charge in [-0.25, -0.2) is 9.97 Å². The fourth-order valence-electron chi connectivity index (χ4n) is 4.54. The minimum atomic E-state index is 0.0892. The Labute approximate surface area is 206 Å². The Bertz CT molecular complexity index is 1180. The number of ether oxygens (including phenoxy) is 3. The lowest BCUT2D eigenvalue weighted by Gasteiger charge is -2.26. The number of hydrogen-bond acceptors (Lipinski definition) is 7. The summed E-state index contributed by atoms with van der Waals surface area (Å²) in [6.07, 6.45) is 4.21. The monoisotopic (exact) mass is 470 g/mol. The van der Waals surface area contributed by atoms with Crippen LogP contribution >= 0.6 is 0 Å². The van der Waals surface area contributed by atoms with Gasteiger partial charge in [-0.05, 0) is 35.4 Å². The molecular weight excluding hydrogens is 440 g/mol. The van der Waals surface area contributed by atoms with Crippen molar-refractivity contribution in [3.05, 3.63) is 77.2 Å². The summed E-state index contributed by atoms with van der Waals surface area (Å²) in [6.45, 7) is 5.87. The average molecular weight is 471 g/mol. The number of nitrogens with zero attached hydrogens (tertiary/aromatic N) is 4. The van der Waals surface area contributed by atoms with Crippen molar-refractivity contribution in [2.75, 3.05) is 39.5 Å². The van der Waals surface area contributed by atoms with Crippen molar-refractivity contribution in [1.29, 1.82) is 5.26 Å². The van der Waals surface area contributed by atoms with Crippen LogP contribution in [-0.4, -0.2) is 60.5 Å². The van der Waals surface area contributed by atoms with Gasteiger partial charge in [-0.1, -0.05) is 24.3 Å². The largest absolute Gasteiger partial charge is 0.489 e. The number of morpholine rings is 1. The quantitative estimate of drug-likeness (QED) is 0.516. The third-order valence-corrected chi connectivity index (χ3v) is 6.43. The van der Waals surface area contributed by atoms with Gasteiger partial charge < -0.3 is 14.2 Å². The van der Waals surface area contributed by atoms with E-state index in [-0.39, 0.29) is 6.10 Å². The highest BCUT2D eigenvalue weighted by atomic mass is 16.5. The first-order valence-electron chi connectivity index (χ1n) is 12.3. The van der Waals surface area contributed by atoms with Gasteiger partial charge in [-0.2, -0.15) is 5.26 Å². The van der Waals surface area contributed by atoms with Crippen LogP contribution in [0.4, 0.5) is 0 Å². The molecule has 2 aliphatic rings. The highest BCUT2D eigenvalue weighted by Crippen LogP contribution is 2.27. The predicted molar refractivity (Wildman–Crippen MR) is 132 cm³/mol. The Morgan fingerprint density at radius 3 is 2.60 bits per heavy atom. The van der Waals surface area contributed by atoms with Crippen LogP contribution in [0.25, 0.3) is 11.3 Å². The second kappa shape index (κ2) is 11.4. The van der Waals surface area contributed by atoms with Crippen molar-refractivity contribution in [3.63, 3.8) is 0 Å². The lowest BCUT2D eigenvalue weighted by molar-refractivity contribution is 0.0254. The standard InChI is InChI=1S/C28H30N4O3/c29-19-24-18-23(4-5-27(24)35-25-7-12-33-13-8-25)26-6-9-30-28(31-26)17-21-2-1-3-22(16-21)20-32-10-14-34-15-11-32/h1-6,9,16,18,25H,7-8,10-15,17,20H2. The van der Waals surface area contributed by atoms with Crippen molar-refractivity contribution >= 4 is 0 Å². The fraction of sp³-hybridized carbons (Fsp3) is 0.393.